The van der Waals surface area contributed by atoms with Crippen LogP contribution in [0.1, 0.15) is 23.0 Å². The lowest BCUT2D eigenvalue weighted by atomic mass is 10.1. The van der Waals surface area contributed by atoms with Crippen molar-refractivity contribution in [1.82, 2.24) is 10.2 Å². The Bertz CT molecular complexity index is 550. The van der Waals surface area contributed by atoms with E-state index in [9.17, 15) is 4.79 Å². The Morgan fingerprint density at radius 1 is 1.22 bits per heavy atom. The number of ether oxygens (including phenoxy) is 1. The highest BCUT2D eigenvalue weighted by Gasteiger charge is 2.04. The molecular formula is C14H14N2O2. The molecule has 0 bridgehead atoms. The number of aromatic nitrogens is 2. The molecule has 0 aliphatic rings. The van der Waals surface area contributed by atoms with Gasteiger partial charge in [-0.1, -0.05) is 0 Å². The monoisotopic (exact) mass is 242 g/mol. The zero-order chi connectivity index (χ0) is 13.0. The van der Waals surface area contributed by atoms with Gasteiger partial charge < -0.3 is 4.74 Å². The quantitative estimate of drug-likeness (QED) is 0.773. The first-order chi connectivity index (χ1) is 8.74. The standard InChI is InChI=1S/C14H14N2O2/c1-3-18-14-7-4-11(8-10(14)2)13-6-5-12(9-17)15-16-13/h4-9H,3H2,1-2H3. The van der Waals surface area contributed by atoms with Crippen LogP contribution >= 0.6 is 0 Å². The van der Waals surface area contributed by atoms with E-state index in [1.54, 1.807) is 12.1 Å². The predicted molar refractivity (Wildman–Crippen MR) is 68.8 cm³/mol. The molecule has 0 saturated heterocycles. The van der Waals surface area contributed by atoms with Gasteiger partial charge in [0.25, 0.3) is 0 Å². The summed E-state index contributed by atoms with van der Waals surface area (Å²) in [5.41, 5.74) is 3.09. The number of carbonyl (C=O) groups excluding carboxylic acids is 1. The Labute approximate surface area is 106 Å². The summed E-state index contributed by atoms with van der Waals surface area (Å²) >= 11 is 0. The van der Waals surface area contributed by atoms with Crippen molar-refractivity contribution in [3.05, 3.63) is 41.6 Å². The number of aryl methyl sites for hydroxylation is 1. The summed E-state index contributed by atoms with van der Waals surface area (Å²) in [5.74, 6) is 0.874. The third-order valence-corrected chi connectivity index (χ3v) is 2.58. The van der Waals surface area contributed by atoms with E-state index in [2.05, 4.69) is 10.2 Å². The first-order valence-corrected chi connectivity index (χ1v) is 5.77. The van der Waals surface area contributed by atoms with Crippen molar-refractivity contribution in [2.24, 2.45) is 0 Å². The lowest BCUT2D eigenvalue weighted by Crippen LogP contribution is -1.96. The maximum atomic E-state index is 10.5. The molecule has 0 unspecified atom stereocenters. The van der Waals surface area contributed by atoms with Gasteiger partial charge in [0.05, 0.1) is 12.3 Å². The molecule has 2 aromatic rings. The Morgan fingerprint density at radius 3 is 2.61 bits per heavy atom. The summed E-state index contributed by atoms with van der Waals surface area (Å²) < 4.78 is 5.48. The van der Waals surface area contributed by atoms with Gasteiger partial charge in [0, 0.05) is 5.56 Å². The van der Waals surface area contributed by atoms with Gasteiger partial charge in [-0.3, -0.25) is 4.79 Å². The number of hydrogen-bond donors (Lipinski definition) is 0. The highest BCUT2D eigenvalue weighted by atomic mass is 16.5. The minimum absolute atomic E-state index is 0.335. The number of rotatable bonds is 4. The molecule has 0 spiro atoms. The smallest absolute Gasteiger partial charge is 0.170 e. The second-order valence-electron chi connectivity index (χ2n) is 3.87. The molecule has 92 valence electrons. The molecule has 0 saturated carbocycles. The molecule has 0 atom stereocenters. The van der Waals surface area contributed by atoms with Gasteiger partial charge in [-0.05, 0) is 49.7 Å². The van der Waals surface area contributed by atoms with Gasteiger partial charge in [0.15, 0.2) is 6.29 Å². The molecule has 0 amide bonds. The SMILES string of the molecule is CCOc1ccc(-c2ccc(C=O)nn2)cc1C. The molecule has 0 aliphatic heterocycles. The molecule has 0 fully saturated rings. The summed E-state index contributed by atoms with van der Waals surface area (Å²) in [6.45, 7) is 4.59. The number of benzene rings is 1. The van der Waals surface area contributed by atoms with Gasteiger partial charge in [0.1, 0.15) is 11.4 Å². The largest absolute Gasteiger partial charge is 0.494 e. The van der Waals surface area contributed by atoms with Crippen molar-refractivity contribution >= 4 is 6.29 Å². The first kappa shape index (κ1) is 12.2. The minimum atomic E-state index is 0.335. The van der Waals surface area contributed by atoms with Crippen molar-refractivity contribution in [3.63, 3.8) is 0 Å². The van der Waals surface area contributed by atoms with Gasteiger partial charge in [-0.2, -0.15) is 0 Å². The van der Waals surface area contributed by atoms with E-state index in [1.165, 1.54) is 0 Å². The van der Waals surface area contributed by atoms with E-state index in [0.29, 0.717) is 18.6 Å². The summed E-state index contributed by atoms with van der Waals surface area (Å²) in [6.07, 6.45) is 0.681. The van der Waals surface area contributed by atoms with E-state index < -0.39 is 0 Å². The van der Waals surface area contributed by atoms with Crippen LogP contribution in [0.5, 0.6) is 5.75 Å². The zero-order valence-electron chi connectivity index (χ0n) is 10.4. The fourth-order valence-corrected chi connectivity index (χ4v) is 1.69. The molecule has 0 radical (unpaired) electrons. The second kappa shape index (κ2) is 5.40. The number of nitrogens with zero attached hydrogens (tertiary/aromatic N) is 2. The van der Waals surface area contributed by atoms with Crippen LogP contribution in [0.25, 0.3) is 11.3 Å². The number of carbonyl (C=O) groups is 1. The van der Waals surface area contributed by atoms with Crippen LogP contribution < -0.4 is 4.74 Å². The summed E-state index contributed by atoms with van der Waals surface area (Å²) in [6, 6.07) is 9.29. The van der Waals surface area contributed by atoms with Gasteiger partial charge in [-0.25, -0.2) is 0 Å². The minimum Gasteiger partial charge on any atom is -0.494 e. The third-order valence-electron chi connectivity index (χ3n) is 2.58. The Hall–Kier alpha value is -2.23. The number of aldehydes is 1. The van der Waals surface area contributed by atoms with Gasteiger partial charge in [0.2, 0.25) is 0 Å². The van der Waals surface area contributed by atoms with Crippen LogP contribution in [0, 0.1) is 6.92 Å². The van der Waals surface area contributed by atoms with Crippen molar-refractivity contribution in [3.8, 4) is 17.0 Å². The fourth-order valence-electron chi connectivity index (χ4n) is 1.69. The topological polar surface area (TPSA) is 52.1 Å². The van der Waals surface area contributed by atoms with Gasteiger partial charge in [-0.15, -0.1) is 10.2 Å². The highest BCUT2D eigenvalue weighted by Crippen LogP contribution is 2.24. The van der Waals surface area contributed by atoms with E-state index >= 15 is 0 Å². The second-order valence-corrected chi connectivity index (χ2v) is 3.87. The summed E-state index contributed by atoms with van der Waals surface area (Å²) in [4.78, 5) is 10.5. The molecule has 18 heavy (non-hydrogen) atoms. The zero-order valence-corrected chi connectivity index (χ0v) is 10.4. The summed E-state index contributed by atoms with van der Waals surface area (Å²) in [7, 11) is 0. The van der Waals surface area contributed by atoms with E-state index in [-0.39, 0.29) is 0 Å². The predicted octanol–water partition coefficient (Wildman–Crippen LogP) is 2.66. The van der Waals surface area contributed by atoms with Crippen LogP contribution in [0.4, 0.5) is 0 Å². The van der Waals surface area contributed by atoms with Gasteiger partial charge >= 0.3 is 0 Å². The molecular weight excluding hydrogens is 228 g/mol. The third kappa shape index (κ3) is 2.53. The highest BCUT2D eigenvalue weighted by molar-refractivity contribution is 5.72. The van der Waals surface area contributed by atoms with E-state index in [4.69, 9.17) is 4.74 Å². The molecule has 2 rings (SSSR count). The molecule has 0 N–H and O–H groups in total. The molecule has 4 nitrogen and oxygen atoms in total. The maximum absolute atomic E-state index is 10.5. The normalized spacial score (nSPS) is 10.1. The van der Waals surface area contributed by atoms with Crippen molar-refractivity contribution in [1.29, 1.82) is 0 Å². The van der Waals surface area contributed by atoms with Crippen molar-refractivity contribution in [2.45, 2.75) is 13.8 Å². The Kier molecular flexibility index (Phi) is 3.67. The van der Waals surface area contributed by atoms with E-state index in [0.717, 1.165) is 22.6 Å². The molecule has 0 aliphatic carbocycles. The van der Waals surface area contributed by atoms with Crippen LogP contribution in [-0.2, 0) is 0 Å². The van der Waals surface area contributed by atoms with Crippen molar-refractivity contribution < 1.29 is 9.53 Å². The average molecular weight is 242 g/mol. The van der Waals surface area contributed by atoms with Crippen LogP contribution in [-0.4, -0.2) is 23.1 Å². The Balaban J connectivity index is 2.32. The lowest BCUT2D eigenvalue weighted by molar-refractivity contribution is 0.111. The van der Waals surface area contributed by atoms with Crippen molar-refractivity contribution in [2.75, 3.05) is 6.61 Å². The average Bonchev–Trinajstić information content (AvgIpc) is 2.41. The first-order valence-electron chi connectivity index (χ1n) is 5.77. The maximum Gasteiger partial charge on any atom is 0.170 e. The number of hydrogen-bond acceptors (Lipinski definition) is 4. The lowest BCUT2D eigenvalue weighted by Gasteiger charge is -2.08. The van der Waals surface area contributed by atoms with Crippen LogP contribution in [0.2, 0.25) is 0 Å². The summed E-state index contributed by atoms with van der Waals surface area (Å²) in [5, 5.41) is 7.83. The van der Waals surface area contributed by atoms with Crippen LogP contribution in [0.3, 0.4) is 0 Å². The fraction of sp³-hybridized carbons (Fsp3) is 0.214. The van der Waals surface area contributed by atoms with Crippen LogP contribution in [0.15, 0.2) is 30.3 Å². The Morgan fingerprint density at radius 2 is 2.06 bits per heavy atom. The van der Waals surface area contributed by atoms with E-state index in [1.807, 2.05) is 32.0 Å². The molecule has 4 heteroatoms. The molecule has 1 heterocycles. The molecule has 1 aromatic carbocycles. The molecule has 1 aromatic heterocycles.